The maximum atomic E-state index is 12.2. The maximum Gasteiger partial charge on any atom is 0.335 e. The zero-order chi connectivity index (χ0) is 15.5. The molecule has 0 aliphatic rings. The van der Waals surface area contributed by atoms with Crippen molar-refractivity contribution in [2.24, 2.45) is 5.92 Å². The standard InChI is InChI=1S/C12H16BrNO5S/c1-7(6-15)5-14-20(18,19)10-4-9(12(16)17)3-8(2)11(10)13/h3-4,7,14-15H,5-6H2,1-2H3,(H,16,17). The first-order valence-corrected chi connectivity index (χ1v) is 8.10. The molecule has 1 aromatic rings. The van der Waals surface area contributed by atoms with E-state index in [0.717, 1.165) is 6.07 Å². The highest BCUT2D eigenvalue weighted by atomic mass is 79.9. The number of hydrogen-bond acceptors (Lipinski definition) is 4. The van der Waals surface area contributed by atoms with E-state index in [1.54, 1.807) is 13.8 Å². The lowest BCUT2D eigenvalue weighted by Crippen LogP contribution is -2.30. The molecule has 1 aromatic carbocycles. The van der Waals surface area contributed by atoms with Crippen molar-refractivity contribution in [2.75, 3.05) is 13.2 Å². The van der Waals surface area contributed by atoms with Gasteiger partial charge in [0.25, 0.3) is 0 Å². The van der Waals surface area contributed by atoms with Gasteiger partial charge in [0, 0.05) is 17.6 Å². The average molecular weight is 366 g/mol. The molecule has 0 radical (unpaired) electrons. The summed E-state index contributed by atoms with van der Waals surface area (Å²) >= 11 is 3.16. The Morgan fingerprint density at radius 1 is 1.45 bits per heavy atom. The molecule has 1 rings (SSSR count). The van der Waals surface area contributed by atoms with E-state index >= 15 is 0 Å². The lowest BCUT2D eigenvalue weighted by atomic mass is 10.1. The highest BCUT2D eigenvalue weighted by Crippen LogP contribution is 2.27. The molecule has 0 fully saturated rings. The normalized spacial score (nSPS) is 13.2. The SMILES string of the molecule is Cc1cc(C(=O)O)cc(S(=O)(=O)NCC(C)CO)c1Br. The number of hydrogen-bond donors (Lipinski definition) is 3. The summed E-state index contributed by atoms with van der Waals surface area (Å²) < 4.78 is 27.0. The van der Waals surface area contributed by atoms with Crippen molar-refractivity contribution in [1.82, 2.24) is 4.72 Å². The smallest absolute Gasteiger partial charge is 0.335 e. The number of aliphatic hydroxyl groups is 1. The van der Waals surface area contributed by atoms with Gasteiger partial charge in [-0.1, -0.05) is 6.92 Å². The number of nitrogens with one attached hydrogen (secondary N) is 1. The molecule has 8 heteroatoms. The van der Waals surface area contributed by atoms with E-state index in [2.05, 4.69) is 20.7 Å². The molecule has 0 bridgehead atoms. The molecule has 0 aliphatic carbocycles. The Kier molecular flexibility index (Phi) is 5.69. The van der Waals surface area contributed by atoms with Crippen molar-refractivity contribution in [3.8, 4) is 0 Å². The lowest BCUT2D eigenvalue weighted by Gasteiger charge is -2.13. The van der Waals surface area contributed by atoms with Gasteiger partial charge in [0.15, 0.2) is 0 Å². The molecule has 0 spiro atoms. The van der Waals surface area contributed by atoms with Gasteiger partial charge in [0.2, 0.25) is 10.0 Å². The van der Waals surface area contributed by atoms with E-state index in [1.165, 1.54) is 6.07 Å². The van der Waals surface area contributed by atoms with Crippen LogP contribution in [-0.2, 0) is 10.0 Å². The van der Waals surface area contributed by atoms with Crippen molar-refractivity contribution < 1.29 is 23.4 Å². The fourth-order valence-electron chi connectivity index (χ4n) is 1.45. The minimum atomic E-state index is -3.85. The van der Waals surface area contributed by atoms with Gasteiger partial charge in [-0.3, -0.25) is 0 Å². The Bertz CT molecular complexity index is 615. The average Bonchev–Trinajstić information content (AvgIpc) is 2.38. The van der Waals surface area contributed by atoms with Crippen LogP contribution >= 0.6 is 15.9 Å². The summed E-state index contributed by atoms with van der Waals surface area (Å²) in [6.45, 7) is 3.24. The summed E-state index contributed by atoms with van der Waals surface area (Å²) in [5.41, 5.74) is 0.418. The van der Waals surface area contributed by atoms with Crippen molar-refractivity contribution in [1.29, 1.82) is 0 Å². The molecule has 0 heterocycles. The predicted molar refractivity (Wildman–Crippen MR) is 77.3 cm³/mol. The first-order chi connectivity index (χ1) is 9.19. The van der Waals surface area contributed by atoms with E-state index in [0.29, 0.717) is 10.0 Å². The largest absolute Gasteiger partial charge is 0.478 e. The Morgan fingerprint density at radius 3 is 2.55 bits per heavy atom. The molecular formula is C12H16BrNO5S. The van der Waals surface area contributed by atoms with E-state index < -0.39 is 16.0 Å². The van der Waals surface area contributed by atoms with Gasteiger partial charge in [0.05, 0.1) is 10.5 Å². The Hall–Kier alpha value is -0.960. The Morgan fingerprint density at radius 2 is 2.05 bits per heavy atom. The van der Waals surface area contributed by atoms with Crippen molar-refractivity contribution in [3.63, 3.8) is 0 Å². The third kappa shape index (κ3) is 4.02. The van der Waals surface area contributed by atoms with E-state index in [9.17, 15) is 13.2 Å². The molecule has 3 N–H and O–H groups in total. The fraction of sp³-hybridized carbons (Fsp3) is 0.417. The highest BCUT2D eigenvalue weighted by Gasteiger charge is 2.22. The van der Waals surface area contributed by atoms with Crippen LogP contribution in [0.3, 0.4) is 0 Å². The second-order valence-corrected chi connectivity index (χ2v) is 7.08. The predicted octanol–water partition coefficient (Wildman–Crippen LogP) is 1.36. The topological polar surface area (TPSA) is 104 Å². The molecule has 1 unspecified atom stereocenters. The van der Waals surface area contributed by atoms with Crippen molar-refractivity contribution >= 4 is 31.9 Å². The third-order valence-corrected chi connectivity index (χ3v) is 5.45. The van der Waals surface area contributed by atoms with Gasteiger partial charge in [-0.15, -0.1) is 0 Å². The first-order valence-electron chi connectivity index (χ1n) is 5.83. The number of carbonyl (C=O) groups is 1. The number of halogens is 1. The zero-order valence-electron chi connectivity index (χ0n) is 11.1. The van der Waals surface area contributed by atoms with Crippen LogP contribution in [0, 0.1) is 12.8 Å². The summed E-state index contributed by atoms with van der Waals surface area (Å²) in [4.78, 5) is 10.9. The van der Waals surface area contributed by atoms with Crippen LogP contribution in [0.25, 0.3) is 0 Å². The van der Waals surface area contributed by atoms with Crippen LogP contribution in [0.4, 0.5) is 0 Å². The number of benzene rings is 1. The zero-order valence-corrected chi connectivity index (χ0v) is 13.5. The number of carboxylic acid groups (broad SMARTS) is 1. The summed E-state index contributed by atoms with van der Waals surface area (Å²) in [7, 11) is -3.85. The molecule has 0 saturated carbocycles. The second-order valence-electron chi connectivity index (χ2n) is 4.55. The van der Waals surface area contributed by atoms with Crippen LogP contribution < -0.4 is 4.72 Å². The van der Waals surface area contributed by atoms with Crippen molar-refractivity contribution in [3.05, 3.63) is 27.7 Å². The van der Waals surface area contributed by atoms with E-state index in [1.807, 2.05) is 0 Å². The number of carboxylic acids is 1. The van der Waals surface area contributed by atoms with Crippen LogP contribution in [-0.4, -0.2) is 37.8 Å². The van der Waals surface area contributed by atoms with Gasteiger partial charge in [0.1, 0.15) is 0 Å². The fourth-order valence-corrected chi connectivity index (χ4v) is 3.66. The minimum Gasteiger partial charge on any atom is -0.478 e. The minimum absolute atomic E-state index is 0.0711. The molecule has 0 aliphatic heterocycles. The van der Waals surface area contributed by atoms with Crippen LogP contribution in [0.1, 0.15) is 22.8 Å². The molecule has 0 aromatic heterocycles. The van der Waals surface area contributed by atoms with Crippen LogP contribution in [0.15, 0.2) is 21.5 Å². The Labute approximate surface area is 126 Å². The summed E-state index contributed by atoms with van der Waals surface area (Å²) in [6.07, 6.45) is 0. The summed E-state index contributed by atoms with van der Waals surface area (Å²) in [5.74, 6) is -1.42. The maximum absolute atomic E-state index is 12.2. The second kappa shape index (κ2) is 6.66. The Balaban J connectivity index is 3.20. The van der Waals surface area contributed by atoms with Crippen LogP contribution in [0.2, 0.25) is 0 Å². The molecule has 20 heavy (non-hydrogen) atoms. The summed E-state index contributed by atoms with van der Waals surface area (Å²) in [5, 5.41) is 17.9. The summed E-state index contributed by atoms with van der Waals surface area (Å²) in [6, 6.07) is 2.49. The number of aryl methyl sites for hydroxylation is 1. The molecule has 1 atom stereocenters. The van der Waals surface area contributed by atoms with Gasteiger partial charge in [-0.05, 0) is 46.5 Å². The highest BCUT2D eigenvalue weighted by molar-refractivity contribution is 9.10. The van der Waals surface area contributed by atoms with Gasteiger partial charge in [-0.2, -0.15) is 0 Å². The van der Waals surface area contributed by atoms with Crippen LogP contribution in [0.5, 0.6) is 0 Å². The molecular weight excluding hydrogens is 350 g/mol. The number of aliphatic hydroxyl groups excluding tert-OH is 1. The van der Waals surface area contributed by atoms with Crippen molar-refractivity contribution in [2.45, 2.75) is 18.7 Å². The van der Waals surface area contributed by atoms with Gasteiger partial charge in [-0.25, -0.2) is 17.9 Å². The quantitative estimate of drug-likeness (QED) is 0.705. The van der Waals surface area contributed by atoms with Gasteiger partial charge < -0.3 is 10.2 Å². The lowest BCUT2D eigenvalue weighted by molar-refractivity contribution is 0.0696. The third-order valence-electron chi connectivity index (χ3n) is 2.69. The van der Waals surface area contributed by atoms with Gasteiger partial charge >= 0.3 is 5.97 Å². The van der Waals surface area contributed by atoms with E-state index in [-0.39, 0.29) is 29.5 Å². The molecule has 112 valence electrons. The first kappa shape index (κ1) is 17.1. The molecule has 0 amide bonds. The monoisotopic (exact) mass is 365 g/mol. The number of aromatic carboxylic acids is 1. The molecule has 6 nitrogen and oxygen atoms in total. The number of sulfonamides is 1. The van der Waals surface area contributed by atoms with E-state index in [4.69, 9.17) is 10.2 Å². The molecule has 0 saturated heterocycles. The number of rotatable bonds is 6.